The highest BCUT2D eigenvalue weighted by Gasteiger charge is 2.36. The first kappa shape index (κ1) is 13.3. The van der Waals surface area contributed by atoms with Gasteiger partial charge in [-0.15, -0.1) is 0 Å². The molecule has 0 aliphatic carbocycles. The van der Waals surface area contributed by atoms with Crippen molar-refractivity contribution in [2.24, 2.45) is 0 Å². The lowest BCUT2D eigenvalue weighted by Crippen LogP contribution is -2.52. The van der Waals surface area contributed by atoms with Crippen molar-refractivity contribution in [1.82, 2.24) is 14.9 Å². The van der Waals surface area contributed by atoms with E-state index in [1.807, 2.05) is 4.90 Å². The second-order valence-electron chi connectivity index (χ2n) is 5.32. The average Bonchev–Trinajstić information content (AvgIpc) is 2.70. The van der Waals surface area contributed by atoms with Gasteiger partial charge in [0.1, 0.15) is 5.82 Å². The summed E-state index contributed by atoms with van der Waals surface area (Å²) in [6.07, 6.45) is 7.17. The number of aromatic nitrogens is 2. The van der Waals surface area contributed by atoms with Crippen molar-refractivity contribution in [3.05, 3.63) is 18.6 Å². The van der Waals surface area contributed by atoms with Gasteiger partial charge in [-0.3, -0.25) is 9.78 Å². The Labute approximate surface area is 118 Å². The van der Waals surface area contributed by atoms with Gasteiger partial charge in [-0.1, -0.05) is 0 Å². The molecule has 2 atom stereocenters. The summed E-state index contributed by atoms with van der Waals surface area (Å²) in [6.45, 7) is 4.78. The summed E-state index contributed by atoms with van der Waals surface area (Å²) in [5, 5.41) is 0. The van der Waals surface area contributed by atoms with E-state index in [9.17, 15) is 4.79 Å². The molecule has 108 valence electrons. The van der Waals surface area contributed by atoms with Crippen LogP contribution in [0.2, 0.25) is 0 Å². The van der Waals surface area contributed by atoms with E-state index in [1.54, 1.807) is 25.5 Å². The minimum Gasteiger partial charge on any atom is -0.374 e. The Morgan fingerprint density at radius 1 is 1.30 bits per heavy atom. The van der Waals surface area contributed by atoms with Crippen LogP contribution in [0.3, 0.4) is 0 Å². The predicted octanol–water partition coefficient (Wildman–Crippen LogP) is 0.693. The van der Waals surface area contributed by atoms with Gasteiger partial charge in [0.15, 0.2) is 0 Å². The summed E-state index contributed by atoms with van der Waals surface area (Å²) in [5.74, 6) is 1.05. The van der Waals surface area contributed by atoms with E-state index >= 15 is 0 Å². The monoisotopic (exact) mass is 276 g/mol. The van der Waals surface area contributed by atoms with Crippen molar-refractivity contribution in [2.75, 3.05) is 31.1 Å². The van der Waals surface area contributed by atoms with Gasteiger partial charge in [0.25, 0.3) is 0 Å². The Kier molecular flexibility index (Phi) is 3.82. The van der Waals surface area contributed by atoms with E-state index in [2.05, 4.69) is 14.9 Å². The fourth-order valence-corrected chi connectivity index (χ4v) is 3.16. The van der Waals surface area contributed by atoms with Crippen LogP contribution in [0.5, 0.6) is 0 Å². The van der Waals surface area contributed by atoms with Gasteiger partial charge < -0.3 is 14.5 Å². The van der Waals surface area contributed by atoms with Gasteiger partial charge in [-0.25, -0.2) is 4.98 Å². The largest absolute Gasteiger partial charge is 0.374 e. The maximum atomic E-state index is 11.8. The molecule has 0 unspecified atom stereocenters. The lowest BCUT2D eigenvalue weighted by molar-refractivity contribution is -0.144. The van der Waals surface area contributed by atoms with Crippen molar-refractivity contribution in [1.29, 1.82) is 0 Å². The molecule has 3 heterocycles. The summed E-state index contributed by atoms with van der Waals surface area (Å²) in [5.41, 5.74) is 0. The number of anilines is 1. The van der Waals surface area contributed by atoms with E-state index in [-0.39, 0.29) is 18.1 Å². The van der Waals surface area contributed by atoms with Crippen LogP contribution in [0.15, 0.2) is 18.6 Å². The normalized spacial score (nSPS) is 26.9. The number of morpholine rings is 1. The van der Waals surface area contributed by atoms with Gasteiger partial charge in [0.2, 0.25) is 5.91 Å². The maximum Gasteiger partial charge on any atom is 0.219 e. The highest BCUT2D eigenvalue weighted by Crippen LogP contribution is 2.25. The molecule has 0 radical (unpaired) electrons. The van der Waals surface area contributed by atoms with Gasteiger partial charge >= 0.3 is 0 Å². The number of hydrogen-bond acceptors (Lipinski definition) is 5. The summed E-state index contributed by atoms with van der Waals surface area (Å²) >= 11 is 0. The van der Waals surface area contributed by atoms with Crippen molar-refractivity contribution in [3.63, 3.8) is 0 Å². The van der Waals surface area contributed by atoms with E-state index < -0.39 is 0 Å². The molecule has 2 fully saturated rings. The van der Waals surface area contributed by atoms with Crippen LogP contribution >= 0.6 is 0 Å². The molecule has 2 aliphatic heterocycles. The molecular formula is C14H20N4O2. The molecule has 1 amide bonds. The zero-order chi connectivity index (χ0) is 13.9. The number of fused-ring (bicyclic) bond motifs is 1. The van der Waals surface area contributed by atoms with Crippen molar-refractivity contribution in [3.8, 4) is 0 Å². The van der Waals surface area contributed by atoms with Gasteiger partial charge in [0.05, 0.1) is 24.9 Å². The smallest absolute Gasteiger partial charge is 0.219 e. The van der Waals surface area contributed by atoms with Crippen molar-refractivity contribution < 1.29 is 9.53 Å². The van der Waals surface area contributed by atoms with Crippen LogP contribution in [0.4, 0.5) is 5.82 Å². The van der Waals surface area contributed by atoms with Crippen molar-refractivity contribution in [2.45, 2.75) is 31.9 Å². The zero-order valence-electron chi connectivity index (χ0n) is 11.7. The van der Waals surface area contributed by atoms with E-state index in [1.165, 1.54) is 0 Å². The first-order valence-corrected chi connectivity index (χ1v) is 7.15. The molecule has 0 bridgehead atoms. The fraction of sp³-hybridized carbons (Fsp3) is 0.643. The molecule has 6 nitrogen and oxygen atoms in total. The fourth-order valence-electron chi connectivity index (χ4n) is 3.16. The molecule has 2 aliphatic rings. The second kappa shape index (κ2) is 5.75. The lowest BCUT2D eigenvalue weighted by atomic mass is 10.0. The molecular weight excluding hydrogens is 256 g/mol. The highest BCUT2D eigenvalue weighted by atomic mass is 16.5. The number of rotatable bonds is 1. The average molecular weight is 276 g/mol. The summed E-state index contributed by atoms with van der Waals surface area (Å²) in [6, 6.07) is 0.197. The van der Waals surface area contributed by atoms with Gasteiger partial charge in [-0.2, -0.15) is 0 Å². The molecule has 1 aromatic rings. The third-order valence-electron chi connectivity index (χ3n) is 4.15. The molecule has 2 saturated heterocycles. The van der Waals surface area contributed by atoms with Gasteiger partial charge in [-0.05, 0) is 12.8 Å². The van der Waals surface area contributed by atoms with E-state index in [4.69, 9.17) is 4.74 Å². The Balaban J connectivity index is 1.74. The Morgan fingerprint density at radius 2 is 2.15 bits per heavy atom. The highest BCUT2D eigenvalue weighted by molar-refractivity contribution is 5.73. The standard InChI is InChI=1S/C14H20N4O2/c1-11(19)18-8-9-20-13-3-7-17(6-2-12(13)18)14-10-15-4-5-16-14/h4-5,10,12-13H,2-3,6-9H2,1H3/t12-,13-/m1/s1. The Hall–Kier alpha value is -1.69. The predicted molar refractivity (Wildman–Crippen MR) is 74.4 cm³/mol. The topological polar surface area (TPSA) is 58.6 Å². The molecule has 3 rings (SSSR count). The van der Waals surface area contributed by atoms with Crippen LogP contribution in [0, 0.1) is 0 Å². The lowest BCUT2D eigenvalue weighted by Gasteiger charge is -2.39. The quantitative estimate of drug-likeness (QED) is 0.755. The zero-order valence-corrected chi connectivity index (χ0v) is 11.7. The van der Waals surface area contributed by atoms with Crippen LogP contribution in [-0.4, -0.2) is 59.2 Å². The van der Waals surface area contributed by atoms with E-state index in [0.717, 1.165) is 31.7 Å². The first-order valence-electron chi connectivity index (χ1n) is 7.15. The van der Waals surface area contributed by atoms with Crippen LogP contribution in [-0.2, 0) is 9.53 Å². The molecule has 0 N–H and O–H groups in total. The summed E-state index contributed by atoms with van der Waals surface area (Å²) in [4.78, 5) is 24.4. The summed E-state index contributed by atoms with van der Waals surface area (Å²) in [7, 11) is 0. The SMILES string of the molecule is CC(=O)N1CCO[C@@H]2CCN(c3cnccn3)CC[C@H]21. The van der Waals surface area contributed by atoms with Crippen LogP contribution in [0.1, 0.15) is 19.8 Å². The van der Waals surface area contributed by atoms with Gasteiger partial charge in [0, 0.05) is 39.0 Å². The van der Waals surface area contributed by atoms with Crippen LogP contribution in [0.25, 0.3) is 0 Å². The molecule has 20 heavy (non-hydrogen) atoms. The van der Waals surface area contributed by atoms with Crippen molar-refractivity contribution >= 4 is 11.7 Å². The molecule has 0 saturated carbocycles. The Bertz CT molecular complexity index is 468. The number of nitrogens with zero attached hydrogens (tertiary/aromatic N) is 4. The molecule has 6 heteroatoms. The van der Waals surface area contributed by atoms with E-state index in [0.29, 0.717) is 13.2 Å². The number of ether oxygens (including phenoxy) is 1. The maximum absolute atomic E-state index is 11.8. The summed E-state index contributed by atoms with van der Waals surface area (Å²) < 4.78 is 5.87. The first-order chi connectivity index (χ1) is 9.75. The third kappa shape index (κ3) is 2.60. The number of amides is 1. The number of carbonyl (C=O) groups is 1. The van der Waals surface area contributed by atoms with Crippen LogP contribution < -0.4 is 4.90 Å². The molecule has 0 aromatic carbocycles. The number of carbonyl (C=O) groups excluding carboxylic acids is 1. The third-order valence-corrected chi connectivity index (χ3v) is 4.15. The second-order valence-corrected chi connectivity index (χ2v) is 5.32. The number of hydrogen-bond donors (Lipinski definition) is 0. The Morgan fingerprint density at radius 3 is 2.90 bits per heavy atom. The molecule has 0 spiro atoms. The minimum atomic E-state index is 0.148. The minimum absolute atomic E-state index is 0.148. The molecule has 1 aromatic heterocycles.